The van der Waals surface area contributed by atoms with E-state index < -0.39 is 0 Å². The maximum atomic E-state index is 13.4. The summed E-state index contributed by atoms with van der Waals surface area (Å²) in [6.45, 7) is 0. The lowest BCUT2D eigenvalue weighted by molar-refractivity contribution is 0.102. The van der Waals surface area contributed by atoms with Crippen LogP contribution in [0.1, 0.15) is 34.8 Å². The van der Waals surface area contributed by atoms with Gasteiger partial charge in [0, 0.05) is 45.7 Å². The van der Waals surface area contributed by atoms with Gasteiger partial charge in [0.1, 0.15) is 5.35 Å². The summed E-state index contributed by atoms with van der Waals surface area (Å²) >= 11 is 6.47. The summed E-state index contributed by atoms with van der Waals surface area (Å²) in [5.41, 5.74) is 4.46. The Hall–Kier alpha value is -4.65. The quantitative estimate of drug-likeness (QED) is 0.354. The fourth-order valence-corrected chi connectivity index (χ4v) is 5.29. The molecule has 1 fully saturated rings. The van der Waals surface area contributed by atoms with E-state index in [9.17, 15) is 9.59 Å². The largest absolute Gasteiger partial charge is 0.345 e. The van der Waals surface area contributed by atoms with Crippen LogP contribution in [0, 0.1) is 0 Å². The zero-order valence-electron chi connectivity index (χ0n) is 19.4. The highest BCUT2D eigenvalue weighted by atomic mass is 35.5. The fourth-order valence-electron chi connectivity index (χ4n) is 5.03. The molecule has 9 heteroatoms. The van der Waals surface area contributed by atoms with Gasteiger partial charge in [-0.05, 0) is 49.2 Å². The monoisotopic (exact) mass is 506 g/mol. The van der Waals surface area contributed by atoms with Gasteiger partial charge in [0.25, 0.3) is 5.91 Å². The molecule has 3 aromatic carbocycles. The van der Waals surface area contributed by atoms with Gasteiger partial charge in [-0.25, -0.2) is 14.2 Å². The van der Waals surface area contributed by atoms with Crippen molar-refractivity contribution in [2.75, 3.05) is 5.32 Å². The predicted molar refractivity (Wildman–Crippen MR) is 141 cm³/mol. The maximum absolute atomic E-state index is 13.4. The molecule has 1 aliphatic carbocycles. The summed E-state index contributed by atoms with van der Waals surface area (Å²) in [6, 6.07) is 16.9. The molecule has 8 nitrogen and oxygen atoms in total. The third-order valence-corrected chi connectivity index (χ3v) is 7.15. The van der Waals surface area contributed by atoms with Crippen molar-refractivity contribution in [2.24, 2.45) is 0 Å². The average molecular weight is 507 g/mol. The van der Waals surface area contributed by atoms with E-state index in [1.54, 1.807) is 29.2 Å². The number of nitrogens with one attached hydrogen (secondary N) is 2. The molecule has 7 rings (SSSR count). The molecule has 0 radical (unpaired) electrons. The highest BCUT2D eigenvalue weighted by Gasteiger charge is 2.33. The lowest BCUT2D eigenvalue weighted by atomic mass is 10.0. The number of H-pyrrole nitrogens is 1. The molecule has 3 aromatic heterocycles. The Morgan fingerprint density at radius 3 is 2.65 bits per heavy atom. The van der Waals surface area contributed by atoms with Crippen LogP contribution in [-0.2, 0) is 4.79 Å². The van der Waals surface area contributed by atoms with Crippen molar-refractivity contribution in [3.8, 4) is 11.4 Å². The normalized spacial score (nSPS) is 13.3. The highest BCUT2D eigenvalue weighted by Crippen LogP contribution is 2.43. The molecular weight excluding hydrogens is 488 g/mol. The van der Waals surface area contributed by atoms with Crippen molar-refractivity contribution in [2.45, 2.75) is 18.8 Å². The van der Waals surface area contributed by atoms with Crippen molar-refractivity contribution in [3.63, 3.8) is 0 Å². The van der Waals surface area contributed by atoms with Crippen LogP contribution in [-0.4, -0.2) is 36.4 Å². The molecule has 1 saturated carbocycles. The predicted octanol–water partition coefficient (Wildman–Crippen LogP) is 4.70. The van der Waals surface area contributed by atoms with Crippen LogP contribution in [0.2, 0.25) is 5.02 Å². The number of aromatic amines is 1. The molecule has 1 aliphatic rings. The Bertz CT molecular complexity index is 1910. The molecule has 0 spiro atoms. The second-order valence-electron chi connectivity index (χ2n) is 9.16. The molecule has 0 atom stereocenters. The fraction of sp³-hybridized carbons (Fsp3) is 0.107. The summed E-state index contributed by atoms with van der Waals surface area (Å²) in [5.74, 6) is 2.00. The Morgan fingerprint density at radius 1 is 1.05 bits per heavy atom. The van der Waals surface area contributed by atoms with Crippen LogP contribution in [0.4, 0.5) is 5.69 Å². The summed E-state index contributed by atoms with van der Waals surface area (Å²) in [7, 11) is 0. The van der Waals surface area contributed by atoms with Gasteiger partial charge in [-0.1, -0.05) is 29.8 Å². The van der Waals surface area contributed by atoms with Crippen LogP contribution >= 0.6 is 11.6 Å². The molecule has 2 N–H and O–H groups in total. The Labute approximate surface area is 215 Å². The first-order valence-electron chi connectivity index (χ1n) is 11.9. The van der Waals surface area contributed by atoms with Gasteiger partial charge < -0.3 is 10.3 Å². The molecule has 1 amide bonds. The van der Waals surface area contributed by atoms with Crippen molar-refractivity contribution in [3.05, 3.63) is 94.8 Å². The first kappa shape index (κ1) is 21.6. The molecular formula is C28H19ClN6O2. The molecule has 0 saturated heterocycles. The third kappa shape index (κ3) is 3.46. The lowest BCUT2D eigenvalue weighted by Crippen LogP contribution is -2.14. The first-order valence-corrected chi connectivity index (χ1v) is 12.3. The van der Waals surface area contributed by atoms with E-state index in [0.29, 0.717) is 21.6 Å². The molecule has 3 heterocycles. The number of anilines is 1. The van der Waals surface area contributed by atoms with Gasteiger partial charge in [0.15, 0.2) is 5.94 Å². The second kappa shape index (κ2) is 8.20. The van der Waals surface area contributed by atoms with Crippen molar-refractivity contribution < 1.29 is 9.59 Å². The van der Waals surface area contributed by atoms with Crippen LogP contribution in [0.25, 0.3) is 33.1 Å². The van der Waals surface area contributed by atoms with Crippen molar-refractivity contribution >= 4 is 50.8 Å². The maximum Gasteiger partial charge on any atom is 0.259 e. The van der Waals surface area contributed by atoms with Crippen LogP contribution in [0.5, 0.6) is 0 Å². The lowest BCUT2D eigenvalue weighted by Gasteiger charge is -2.13. The molecule has 0 unspecified atom stereocenters. The number of hydrogen-bond donors (Lipinski definition) is 2. The van der Waals surface area contributed by atoms with E-state index in [-0.39, 0.29) is 11.8 Å². The summed E-state index contributed by atoms with van der Waals surface area (Å²) in [5, 5.41) is 15.5. The van der Waals surface area contributed by atoms with Gasteiger partial charge in [0.05, 0.1) is 33.9 Å². The van der Waals surface area contributed by atoms with Gasteiger partial charge in [0.2, 0.25) is 0 Å². The van der Waals surface area contributed by atoms with E-state index in [1.165, 1.54) is 0 Å². The van der Waals surface area contributed by atoms with E-state index in [2.05, 4.69) is 20.5 Å². The highest BCUT2D eigenvalue weighted by molar-refractivity contribution is 6.32. The van der Waals surface area contributed by atoms with E-state index in [1.807, 2.05) is 59.3 Å². The number of halogens is 1. The Morgan fingerprint density at radius 2 is 1.89 bits per heavy atom. The number of rotatable bonds is 5. The van der Waals surface area contributed by atoms with Crippen molar-refractivity contribution in [1.29, 1.82) is 0 Å². The number of nitrogens with zero attached hydrogens (tertiary/aromatic N) is 4. The van der Waals surface area contributed by atoms with Crippen LogP contribution < -0.4 is 10.7 Å². The second-order valence-corrected chi connectivity index (χ2v) is 9.57. The summed E-state index contributed by atoms with van der Waals surface area (Å²) < 4.78 is 3.54. The Kier molecular flexibility index (Phi) is 4.79. The van der Waals surface area contributed by atoms with E-state index in [0.717, 1.165) is 51.6 Å². The molecule has 6 aromatic rings. The molecule has 0 aliphatic heterocycles. The summed E-state index contributed by atoms with van der Waals surface area (Å²) in [6.07, 6.45) is 7.11. The number of benzene rings is 3. The standard InChI is InChI=1S/C28H19ClN6O2/c29-21-13-17(7-9-25(21)34-12-2-11-30-34)32-28(37)20-14-31-35(27(20)16-5-6-16)24-10-8-22-26-18(23(15-36)33-22)3-1-4-19(24)26/h1-4,7-14,16,33H,5-6H2,(H,32,37). The first-order chi connectivity index (χ1) is 18.1. The average Bonchev–Trinajstić information content (AvgIpc) is 3.29. The van der Waals surface area contributed by atoms with Crippen LogP contribution in [0.3, 0.4) is 0 Å². The topological polar surface area (TPSA) is 97.6 Å². The van der Waals surface area contributed by atoms with Gasteiger partial charge >= 0.3 is 0 Å². The number of hydrogen-bond acceptors (Lipinski definition) is 4. The van der Waals surface area contributed by atoms with Gasteiger partial charge in [-0.2, -0.15) is 10.2 Å². The minimum atomic E-state index is -0.241. The number of aromatic nitrogens is 5. The molecule has 180 valence electrons. The SMILES string of the molecule is O=C=c1[nH]c2ccc(-n3ncc(C(=O)Nc4ccc(-n5cccn5)c(Cl)c4)c3C3CC3)c3cccc1c23. The third-order valence-electron chi connectivity index (χ3n) is 6.85. The number of carbonyl (C=O) groups excluding carboxylic acids is 2. The smallest absolute Gasteiger partial charge is 0.259 e. The zero-order chi connectivity index (χ0) is 25.1. The zero-order valence-corrected chi connectivity index (χ0v) is 20.2. The number of carbonyl (C=O) groups is 1. The minimum absolute atomic E-state index is 0.241. The minimum Gasteiger partial charge on any atom is -0.345 e. The summed E-state index contributed by atoms with van der Waals surface area (Å²) in [4.78, 5) is 28.0. The van der Waals surface area contributed by atoms with E-state index >= 15 is 0 Å². The number of amides is 1. The molecule has 0 bridgehead atoms. The van der Waals surface area contributed by atoms with Crippen LogP contribution in [0.15, 0.2) is 73.2 Å². The van der Waals surface area contributed by atoms with E-state index in [4.69, 9.17) is 11.6 Å². The van der Waals surface area contributed by atoms with Gasteiger partial charge in [-0.3, -0.25) is 4.79 Å². The Balaban J connectivity index is 1.28. The van der Waals surface area contributed by atoms with Crippen molar-refractivity contribution in [1.82, 2.24) is 24.5 Å². The van der Waals surface area contributed by atoms with Gasteiger partial charge in [-0.15, -0.1) is 0 Å². The molecule has 37 heavy (non-hydrogen) atoms.